The number of pyridine rings is 1. The smallest absolute Gasteiger partial charge is 0.341 e. The minimum absolute atomic E-state index is 0.0392. The molecule has 25 heavy (non-hydrogen) atoms. The number of piperazine rings is 1. The first-order valence-electron chi connectivity index (χ1n) is 8.18. The molecular weight excluding hydrogens is 325 g/mol. The van der Waals surface area contributed by atoms with E-state index in [4.69, 9.17) is 0 Å². The fourth-order valence-corrected chi connectivity index (χ4v) is 3.55. The number of nitrogens with one attached hydrogen (secondary N) is 1. The van der Waals surface area contributed by atoms with Gasteiger partial charge >= 0.3 is 5.97 Å². The van der Waals surface area contributed by atoms with Crippen LogP contribution in [0.3, 0.4) is 0 Å². The standard InChI is InChI=1S/C18H18FN3O3/c1-2-21-9-12(17(24)25)16(23)11-7-13(19)15(8-14(11)21)22-6-5-20-18(10-22)3-4-18/h2,7-9,20H,1,3-6,10H2,(H,24,25). The summed E-state index contributed by atoms with van der Waals surface area (Å²) in [7, 11) is 0. The molecule has 6 nitrogen and oxygen atoms in total. The van der Waals surface area contributed by atoms with Crippen molar-refractivity contribution in [2.24, 2.45) is 0 Å². The van der Waals surface area contributed by atoms with Gasteiger partial charge in [-0.05, 0) is 25.0 Å². The van der Waals surface area contributed by atoms with E-state index in [1.54, 1.807) is 6.07 Å². The number of hydrogen-bond acceptors (Lipinski definition) is 4. The Hall–Kier alpha value is -2.67. The van der Waals surface area contributed by atoms with E-state index in [1.807, 2.05) is 4.90 Å². The predicted octanol–water partition coefficient (Wildman–Crippen LogP) is 1.88. The molecule has 1 saturated heterocycles. The van der Waals surface area contributed by atoms with Gasteiger partial charge in [0, 0.05) is 43.0 Å². The molecule has 0 radical (unpaired) electrons. The summed E-state index contributed by atoms with van der Waals surface area (Å²) < 4.78 is 16.2. The van der Waals surface area contributed by atoms with E-state index in [1.165, 1.54) is 17.0 Å². The number of nitrogens with zero attached hydrogens (tertiary/aromatic N) is 2. The van der Waals surface area contributed by atoms with Gasteiger partial charge in [0.05, 0.1) is 11.2 Å². The lowest BCUT2D eigenvalue weighted by molar-refractivity contribution is 0.0695. The maximum absolute atomic E-state index is 14.7. The fraction of sp³-hybridized carbons (Fsp3) is 0.333. The summed E-state index contributed by atoms with van der Waals surface area (Å²) in [5.74, 6) is -1.86. The quantitative estimate of drug-likeness (QED) is 0.890. The van der Waals surface area contributed by atoms with Crippen LogP contribution in [0, 0.1) is 5.82 Å². The maximum Gasteiger partial charge on any atom is 0.341 e. The first-order valence-corrected chi connectivity index (χ1v) is 8.18. The number of halogens is 1. The summed E-state index contributed by atoms with van der Waals surface area (Å²) in [5, 5.41) is 12.7. The van der Waals surface area contributed by atoms with E-state index in [-0.39, 0.29) is 10.9 Å². The monoisotopic (exact) mass is 343 g/mol. The number of aromatic nitrogens is 1. The highest BCUT2D eigenvalue weighted by atomic mass is 19.1. The van der Waals surface area contributed by atoms with Gasteiger partial charge in [0.15, 0.2) is 0 Å². The zero-order chi connectivity index (χ0) is 17.8. The largest absolute Gasteiger partial charge is 0.477 e. The molecule has 2 fully saturated rings. The number of anilines is 1. The summed E-state index contributed by atoms with van der Waals surface area (Å²) in [4.78, 5) is 25.6. The van der Waals surface area contributed by atoms with Gasteiger partial charge < -0.3 is 19.9 Å². The molecule has 0 atom stereocenters. The second kappa shape index (κ2) is 5.42. The van der Waals surface area contributed by atoms with Gasteiger partial charge in [-0.1, -0.05) is 6.58 Å². The van der Waals surface area contributed by atoms with Crippen LogP contribution in [0.5, 0.6) is 0 Å². The Kier molecular flexibility index (Phi) is 3.43. The Morgan fingerprint density at radius 3 is 2.80 bits per heavy atom. The SMILES string of the molecule is C=Cn1cc(C(=O)O)c(=O)c2cc(F)c(N3CCNC4(CC4)C3)cc21. The number of carboxylic acids is 1. The Labute approximate surface area is 143 Å². The van der Waals surface area contributed by atoms with Crippen LogP contribution >= 0.6 is 0 Å². The maximum atomic E-state index is 14.7. The van der Waals surface area contributed by atoms with E-state index >= 15 is 0 Å². The molecule has 1 spiro atoms. The zero-order valence-electron chi connectivity index (χ0n) is 13.6. The van der Waals surface area contributed by atoms with Crippen LogP contribution in [0.1, 0.15) is 23.2 Å². The van der Waals surface area contributed by atoms with Crippen molar-refractivity contribution in [2.45, 2.75) is 18.4 Å². The highest BCUT2D eigenvalue weighted by Crippen LogP contribution is 2.39. The van der Waals surface area contributed by atoms with Crippen molar-refractivity contribution in [1.82, 2.24) is 9.88 Å². The lowest BCUT2D eigenvalue weighted by Crippen LogP contribution is -2.52. The zero-order valence-corrected chi connectivity index (χ0v) is 13.6. The molecule has 2 aliphatic rings. The molecule has 2 N–H and O–H groups in total. The molecule has 1 saturated carbocycles. The Morgan fingerprint density at radius 2 is 2.16 bits per heavy atom. The number of rotatable bonds is 3. The van der Waals surface area contributed by atoms with Crippen LogP contribution in [-0.4, -0.2) is 40.8 Å². The highest BCUT2D eigenvalue weighted by molar-refractivity contribution is 5.94. The second-order valence-electron chi connectivity index (χ2n) is 6.72. The molecule has 4 rings (SSSR count). The van der Waals surface area contributed by atoms with Gasteiger partial charge in [0.25, 0.3) is 0 Å². The third-order valence-corrected chi connectivity index (χ3v) is 5.10. The van der Waals surface area contributed by atoms with E-state index in [9.17, 15) is 19.1 Å². The van der Waals surface area contributed by atoms with Crippen molar-refractivity contribution in [2.75, 3.05) is 24.5 Å². The molecule has 1 aliphatic heterocycles. The van der Waals surface area contributed by atoms with Crippen molar-refractivity contribution in [3.8, 4) is 0 Å². The Bertz CT molecular complexity index is 962. The summed E-state index contributed by atoms with van der Waals surface area (Å²) in [6.45, 7) is 5.84. The summed E-state index contributed by atoms with van der Waals surface area (Å²) in [5.41, 5.74) is -0.128. The molecule has 1 aromatic heterocycles. The third-order valence-electron chi connectivity index (χ3n) is 5.10. The fourth-order valence-electron chi connectivity index (χ4n) is 3.55. The molecule has 1 aliphatic carbocycles. The highest BCUT2D eigenvalue weighted by Gasteiger charge is 2.45. The van der Waals surface area contributed by atoms with Crippen molar-refractivity contribution in [1.29, 1.82) is 0 Å². The average molecular weight is 343 g/mol. The van der Waals surface area contributed by atoms with Crippen LogP contribution in [0.15, 0.2) is 29.7 Å². The van der Waals surface area contributed by atoms with E-state index in [2.05, 4.69) is 11.9 Å². The van der Waals surface area contributed by atoms with Crippen LogP contribution in [0.2, 0.25) is 0 Å². The van der Waals surface area contributed by atoms with Crippen LogP contribution in [-0.2, 0) is 0 Å². The van der Waals surface area contributed by atoms with Crippen molar-refractivity contribution < 1.29 is 14.3 Å². The van der Waals surface area contributed by atoms with E-state index in [0.717, 1.165) is 32.0 Å². The molecule has 0 bridgehead atoms. The predicted molar refractivity (Wildman–Crippen MR) is 93.7 cm³/mol. The van der Waals surface area contributed by atoms with Crippen LogP contribution in [0.25, 0.3) is 17.1 Å². The summed E-state index contributed by atoms with van der Waals surface area (Å²) in [6, 6.07) is 2.75. The second-order valence-corrected chi connectivity index (χ2v) is 6.72. The first kappa shape index (κ1) is 15.8. The minimum atomic E-state index is -1.34. The topological polar surface area (TPSA) is 74.6 Å². The van der Waals surface area contributed by atoms with Gasteiger partial charge in [-0.15, -0.1) is 0 Å². The number of carbonyl (C=O) groups is 1. The van der Waals surface area contributed by atoms with Gasteiger partial charge in [-0.3, -0.25) is 4.79 Å². The normalized spacial score (nSPS) is 18.5. The van der Waals surface area contributed by atoms with Crippen LogP contribution < -0.4 is 15.6 Å². The van der Waals surface area contributed by atoms with Gasteiger partial charge in [0.2, 0.25) is 5.43 Å². The van der Waals surface area contributed by atoms with Crippen molar-refractivity contribution >= 4 is 28.8 Å². The molecule has 2 aromatic rings. The molecule has 130 valence electrons. The van der Waals surface area contributed by atoms with E-state index < -0.39 is 22.8 Å². The molecule has 1 aromatic carbocycles. The Morgan fingerprint density at radius 1 is 1.40 bits per heavy atom. The van der Waals surface area contributed by atoms with Gasteiger partial charge in [-0.25, -0.2) is 9.18 Å². The minimum Gasteiger partial charge on any atom is -0.477 e. The number of benzene rings is 1. The average Bonchev–Trinajstić information content (AvgIpc) is 3.33. The number of carboxylic acid groups (broad SMARTS) is 1. The third kappa shape index (κ3) is 2.51. The molecule has 0 amide bonds. The molecule has 2 heterocycles. The molecule has 0 unspecified atom stereocenters. The summed E-state index contributed by atoms with van der Waals surface area (Å²) in [6.07, 6.45) is 4.80. The van der Waals surface area contributed by atoms with Crippen molar-refractivity contribution in [3.05, 3.63) is 46.5 Å². The summed E-state index contributed by atoms with van der Waals surface area (Å²) >= 11 is 0. The number of aromatic carboxylic acids is 1. The molecule has 7 heteroatoms. The van der Waals surface area contributed by atoms with Crippen LogP contribution in [0.4, 0.5) is 10.1 Å². The lowest BCUT2D eigenvalue weighted by Gasteiger charge is -2.36. The lowest BCUT2D eigenvalue weighted by atomic mass is 10.1. The van der Waals surface area contributed by atoms with Gasteiger partial charge in [0.1, 0.15) is 11.4 Å². The Balaban J connectivity index is 1.89. The van der Waals surface area contributed by atoms with Gasteiger partial charge in [-0.2, -0.15) is 0 Å². The van der Waals surface area contributed by atoms with E-state index in [0.29, 0.717) is 17.7 Å². The molecular formula is C18H18FN3O3. The number of hydrogen-bond donors (Lipinski definition) is 2. The van der Waals surface area contributed by atoms with Crippen molar-refractivity contribution in [3.63, 3.8) is 0 Å². The first-order chi connectivity index (χ1) is 11.9. The number of fused-ring (bicyclic) bond motifs is 1.